The number of nitrogens with one attached hydrogen (secondary N) is 1. The second-order valence-corrected chi connectivity index (χ2v) is 7.96. The SMILES string of the molecule is Cc1cccc(N2C(=O)CC(=O)n3c(nc4ccccc43)/C2=C(/C#N)NCCN(C)C)c1. The Morgan fingerprint density at radius 1 is 1.16 bits per heavy atom. The summed E-state index contributed by atoms with van der Waals surface area (Å²) in [7, 11) is 3.88. The minimum absolute atomic E-state index is 0.188. The van der Waals surface area contributed by atoms with E-state index in [1.165, 1.54) is 9.47 Å². The summed E-state index contributed by atoms with van der Waals surface area (Å²) in [6.07, 6.45) is -0.332. The van der Waals surface area contributed by atoms with Gasteiger partial charge in [-0.15, -0.1) is 0 Å². The van der Waals surface area contributed by atoms with E-state index in [-0.39, 0.29) is 29.5 Å². The first kappa shape index (κ1) is 21.3. The fraction of sp³-hybridized carbons (Fsp3) is 0.250. The van der Waals surface area contributed by atoms with Crippen LogP contribution in [0.25, 0.3) is 16.7 Å². The van der Waals surface area contributed by atoms with Crippen LogP contribution in [0.5, 0.6) is 0 Å². The van der Waals surface area contributed by atoms with Gasteiger partial charge in [-0.2, -0.15) is 5.26 Å². The molecule has 2 aromatic carbocycles. The van der Waals surface area contributed by atoms with Crippen LogP contribution in [0.2, 0.25) is 0 Å². The number of nitriles is 1. The van der Waals surface area contributed by atoms with Crippen LogP contribution >= 0.6 is 0 Å². The molecule has 8 nitrogen and oxygen atoms in total. The molecule has 3 aromatic rings. The van der Waals surface area contributed by atoms with Gasteiger partial charge in [0.05, 0.1) is 11.0 Å². The van der Waals surface area contributed by atoms with Gasteiger partial charge in [-0.25, -0.2) is 4.98 Å². The maximum absolute atomic E-state index is 13.3. The monoisotopic (exact) mass is 428 g/mol. The average molecular weight is 428 g/mol. The van der Waals surface area contributed by atoms with Crippen LogP contribution in [0.1, 0.15) is 22.6 Å². The Morgan fingerprint density at radius 2 is 1.94 bits per heavy atom. The van der Waals surface area contributed by atoms with Gasteiger partial charge in [0.15, 0.2) is 5.82 Å². The van der Waals surface area contributed by atoms with E-state index in [4.69, 9.17) is 0 Å². The quantitative estimate of drug-likeness (QED) is 0.496. The number of aryl methyl sites for hydroxylation is 1. The molecule has 162 valence electrons. The van der Waals surface area contributed by atoms with E-state index in [0.29, 0.717) is 29.8 Å². The molecule has 1 aliphatic heterocycles. The molecule has 1 amide bonds. The van der Waals surface area contributed by atoms with E-state index < -0.39 is 5.91 Å². The van der Waals surface area contributed by atoms with Crippen LogP contribution in [0, 0.1) is 18.3 Å². The molecular formula is C24H24N6O2. The van der Waals surface area contributed by atoms with Gasteiger partial charge in [0.25, 0.3) is 0 Å². The molecular weight excluding hydrogens is 404 g/mol. The Balaban J connectivity index is 2.00. The fourth-order valence-corrected chi connectivity index (χ4v) is 3.79. The maximum Gasteiger partial charge on any atom is 0.242 e. The zero-order valence-corrected chi connectivity index (χ0v) is 18.3. The van der Waals surface area contributed by atoms with Crippen LogP contribution in [0.15, 0.2) is 54.2 Å². The molecule has 0 saturated carbocycles. The van der Waals surface area contributed by atoms with Crippen molar-refractivity contribution in [2.75, 3.05) is 32.1 Å². The smallest absolute Gasteiger partial charge is 0.242 e. The predicted molar refractivity (Wildman–Crippen MR) is 123 cm³/mol. The van der Waals surface area contributed by atoms with Crippen molar-refractivity contribution in [3.63, 3.8) is 0 Å². The highest BCUT2D eigenvalue weighted by molar-refractivity contribution is 6.17. The van der Waals surface area contributed by atoms with Crippen molar-refractivity contribution in [1.29, 1.82) is 5.26 Å². The molecule has 0 saturated heterocycles. The van der Waals surface area contributed by atoms with E-state index in [1.54, 1.807) is 12.1 Å². The number of hydrogen-bond acceptors (Lipinski definition) is 6. The number of imidazole rings is 1. The third-order valence-corrected chi connectivity index (χ3v) is 5.27. The molecule has 0 aliphatic carbocycles. The number of fused-ring (bicyclic) bond motifs is 3. The third-order valence-electron chi connectivity index (χ3n) is 5.27. The number of carbonyl (C=O) groups is 2. The molecule has 1 aromatic heterocycles. The summed E-state index contributed by atoms with van der Waals surface area (Å²) in [6.45, 7) is 3.10. The van der Waals surface area contributed by atoms with Crippen molar-refractivity contribution in [2.45, 2.75) is 13.3 Å². The number of amides is 1. The molecule has 0 radical (unpaired) electrons. The lowest BCUT2D eigenvalue weighted by atomic mass is 10.1. The molecule has 0 spiro atoms. The lowest BCUT2D eigenvalue weighted by Crippen LogP contribution is -2.33. The predicted octanol–water partition coefficient (Wildman–Crippen LogP) is 2.77. The highest BCUT2D eigenvalue weighted by Gasteiger charge is 2.35. The minimum atomic E-state index is -0.410. The summed E-state index contributed by atoms with van der Waals surface area (Å²) in [5, 5.41) is 13.2. The van der Waals surface area contributed by atoms with E-state index in [0.717, 1.165) is 5.56 Å². The summed E-state index contributed by atoms with van der Waals surface area (Å²) < 4.78 is 1.45. The van der Waals surface area contributed by atoms with E-state index >= 15 is 0 Å². The summed E-state index contributed by atoms with van der Waals surface area (Å²) in [4.78, 5) is 34.6. The van der Waals surface area contributed by atoms with E-state index in [9.17, 15) is 14.9 Å². The molecule has 2 heterocycles. The Hall–Kier alpha value is -3.96. The molecule has 1 aliphatic rings. The zero-order chi connectivity index (χ0) is 22.8. The second kappa shape index (κ2) is 8.65. The van der Waals surface area contributed by atoms with Crippen LogP contribution in [-0.2, 0) is 4.79 Å². The number of carbonyl (C=O) groups excluding carboxylic acids is 2. The van der Waals surface area contributed by atoms with Crippen LogP contribution in [-0.4, -0.2) is 53.5 Å². The zero-order valence-electron chi connectivity index (χ0n) is 18.3. The van der Waals surface area contributed by atoms with Gasteiger partial charge in [-0.3, -0.25) is 19.1 Å². The normalized spacial score (nSPS) is 15.5. The van der Waals surface area contributed by atoms with Crippen molar-refractivity contribution in [1.82, 2.24) is 19.8 Å². The summed E-state index contributed by atoms with van der Waals surface area (Å²) in [5.74, 6) is -0.512. The number of para-hydroxylation sites is 2. The Morgan fingerprint density at radius 3 is 2.66 bits per heavy atom. The van der Waals surface area contributed by atoms with Crippen molar-refractivity contribution >= 4 is 34.2 Å². The number of anilines is 1. The van der Waals surface area contributed by atoms with Crippen molar-refractivity contribution in [3.8, 4) is 6.07 Å². The first-order chi connectivity index (χ1) is 15.4. The van der Waals surface area contributed by atoms with Gasteiger partial charge < -0.3 is 10.2 Å². The van der Waals surface area contributed by atoms with Crippen molar-refractivity contribution in [3.05, 3.63) is 65.6 Å². The maximum atomic E-state index is 13.3. The topological polar surface area (TPSA) is 94.3 Å². The van der Waals surface area contributed by atoms with Gasteiger partial charge in [0.2, 0.25) is 11.8 Å². The molecule has 4 rings (SSSR count). The number of nitrogens with zero attached hydrogens (tertiary/aromatic N) is 5. The number of hydrogen-bond donors (Lipinski definition) is 1. The Labute approximate surface area is 186 Å². The number of benzene rings is 2. The van der Waals surface area contributed by atoms with Gasteiger partial charge in [0.1, 0.15) is 23.9 Å². The van der Waals surface area contributed by atoms with E-state index in [1.807, 2.05) is 62.3 Å². The van der Waals surface area contributed by atoms with Crippen LogP contribution < -0.4 is 10.2 Å². The Bertz CT molecular complexity index is 1280. The van der Waals surface area contributed by atoms with Gasteiger partial charge in [0, 0.05) is 18.8 Å². The summed E-state index contributed by atoms with van der Waals surface area (Å²) in [6, 6.07) is 16.9. The number of aromatic nitrogens is 2. The van der Waals surface area contributed by atoms with Gasteiger partial charge in [-0.05, 0) is 50.8 Å². The molecule has 0 fully saturated rings. The number of allylic oxidation sites excluding steroid dienone is 1. The summed E-state index contributed by atoms with van der Waals surface area (Å²) in [5.41, 5.74) is 3.24. The third kappa shape index (κ3) is 3.86. The number of rotatable bonds is 5. The van der Waals surface area contributed by atoms with Crippen molar-refractivity contribution in [2.24, 2.45) is 0 Å². The van der Waals surface area contributed by atoms with Crippen LogP contribution in [0.3, 0.4) is 0 Å². The average Bonchev–Trinajstić information content (AvgIpc) is 3.09. The van der Waals surface area contributed by atoms with Crippen LogP contribution in [0.4, 0.5) is 5.69 Å². The molecule has 0 unspecified atom stereocenters. The molecule has 0 atom stereocenters. The largest absolute Gasteiger partial charge is 0.373 e. The Kier molecular flexibility index (Phi) is 5.75. The summed E-state index contributed by atoms with van der Waals surface area (Å²) >= 11 is 0. The standard InChI is InChI=1S/C24H24N6O2/c1-16-7-6-8-17(13-16)29-21(31)14-22(32)30-20-10-5-4-9-18(20)27-24(30)23(29)19(15-25)26-11-12-28(2)3/h4-10,13,26H,11-12,14H2,1-3H3/b23-19+. The molecule has 0 bridgehead atoms. The van der Waals surface area contributed by atoms with Gasteiger partial charge in [-0.1, -0.05) is 24.3 Å². The lowest BCUT2D eigenvalue weighted by Gasteiger charge is -2.24. The molecule has 1 N–H and O–H groups in total. The van der Waals surface area contributed by atoms with Gasteiger partial charge >= 0.3 is 0 Å². The number of likely N-dealkylation sites (N-methyl/N-ethyl adjacent to an activating group) is 1. The molecule has 32 heavy (non-hydrogen) atoms. The molecule has 8 heteroatoms. The fourth-order valence-electron chi connectivity index (χ4n) is 3.79. The first-order valence-corrected chi connectivity index (χ1v) is 10.3. The first-order valence-electron chi connectivity index (χ1n) is 10.3. The highest BCUT2D eigenvalue weighted by atomic mass is 16.2. The van der Waals surface area contributed by atoms with Crippen molar-refractivity contribution < 1.29 is 9.59 Å². The lowest BCUT2D eigenvalue weighted by molar-refractivity contribution is -0.117. The second-order valence-electron chi connectivity index (χ2n) is 7.96. The highest BCUT2D eigenvalue weighted by Crippen LogP contribution is 2.34. The van der Waals surface area contributed by atoms with E-state index in [2.05, 4.69) is 16.4 Å². The minimum Gasteiger partial charge on any atom is -0.373 e.